The van der Waals surface area contributed by atoms with Gasteiger partial charge in [0.25, 0.3) is 5.91 Å². The van der Waals surface area contributed by atoms with Gasteiger partial charge in [0, 0.05) is 11.6 Å². The van der Waals surface area contributed by atoms with Crippen molar-refractivity contribution >= 4 is 39.5 Å². The molecule has 6 heteroatoms. The van der Waals surface area contributed by atoms with Crippen molar-refractivity contribution in [3.8, 4) is 0 Å². The summed E-state index contributed by atoms with van der Waals surface area (Å²) >= 11 is 7.09. The van der Waals surface area contributed by atoms with Crippen molar-refractivity contribution in [2.24, 2.45) is 5.73 Å². The number of hydrogen-bond acceptors (Lipinski definition) is 4. The predicted octanol–water partition coefficient (Wildman–Crippen LogP) is 2.74. The summed E-state index contributed by atoms with van der Waals surface area (Å²) in [5.41, 5.74) is 12.5. The lowest BCUT2D eigenvalue weighted by Gasteiger charge is -2.03. The van der Waals surface area contributed by atoms with Gasteiger partial charge in [0.2, 0.25) is 0 Å². The van der Waals surface area contributed by atoms with Gasteiger partial charge in [-0.15, -0.1) is 11.3 Å². The number of benzene rings is 1. The Bertz CT molecular complexity index is 580. The minimum Gasteiger partial charge on any atom is -0.397 e. The van der Waals surface area contributed by atoms with E-state index in [0.29, 0.717) is 10.6 Å². The second-order valence-corrected chi connectivity index (χ2v) is 5.55. The fraction of sp³-hybridized carbons (Fsp3) is 0.154. The maximum Gasteiger partial charge on any atom is 0.260 e. The van der Waals surface area contributed by atoms with Crippen LogP contribution in [0.2, 0.25) is 5.02 Å². The summed E-state index contributed by atoms with van der Waals surface area (Å²) in [6.07, 6.45) is 0.862. The molecule has 0 saturated heterocycles. The van der Waals surface area contributed by atoms with Crippen LogP contribution >= 0.6 is 22.9 Å². The van der Waals surface area contributed by atoms with E-state index >= 15 is 0 Å². The van der Waals surface area contributed by atoms with Gasteiger partial charge in [-0.3, -0.25) is 4.79 Å². The van der Waals surface area contributed by atoms with E-state index in [9.17, 15) is 4.79 Å². The smallest absolute Gasteiger partial charge is 0.260 e. The molecule has 5 N–H and O–H groups in total. The molecular weight excluding hydrogens is 282 g/mol. The summed E-state index contributed by atoms with van der Waals surface area (Å²) in [7, 11) is 0. The molecule has 1 aromatic carbocycles. The molecule has 0 aliphatic carbocycles. The SMILES string of the molecule is NC(=O)c1sc(NCCc2ccc(Cl)cc2)cc1N. The average molecular weight is 296 g/mol. The van der Waals surface area contributed by atoms with Gasteiger partial charge in [-0.05, 0) is 30.2 Å². The molecule has 1 aromatic heterocycles. The van der Waals surface area contributed by atoms with Crippen LogP contribution in [0.5, 0.6) is 0 Å². The highest BCUT2D eigenvalue weighted by Gasteiger charge is 2.10. The van der Waals surface area contributed by atoms with Crippen molar-refractivity contribution in [1.82, 2.24) is 0 Å². The van der Waals surface area contributed by atoms with Gasteiger partial charge >= 0.3 is 0 Å². The van der Waals surface area contributed by atoms with Crippen molar-refractivity contribution in [2.75, 3.05) is 17.6 Å². The number of primary amides is 1. The molecular formula is C13H14ClN3OS. The summed E-state index contributed by atoms with van der Waals surface area (Å²) < 4.78 is 0. The number of carbonyl (C=O) groups excluding carboxylic acids is 1. The Morgan fingerprint density at radius 3 is 2.58 bits per heavy atom. The number of nitrogens with two attached hydrogens (primary N) is 2. The molecule has 0 atom stereocenters. The Labute approximate surface area is 120 Å². The van der Waals surface area contributed by atoms with Crippen LogP contribution < -0.4 is 16.8 Å². The number of amides is 1. The standard InChI is InChI=1S/C13H14ClN3OS/c14-9-3-1-8(2-4-9)5-6-17-11-7-10(15)12(19-11)13(16)18/h1-4,7,17H,5-6,15H2,(H2,16,18). The van der Waals surface area contributed by atoms with Gasteiger partial charge in [0.05, 0.1) is 10.7 Å². The Morgan fingerprint density at radius 2 is 2.00 bits per heavy atom. The largest absolute Gasteiger partial charge is 0.397 e. The molecule has 4 nitrogen and oxygen atoms in total. The van der Waals surface area contributed by atoms with Crippen molar-refractivity contribution in [2.45, 2.75) is 6.42 Å². The van der Waals surface area contributed by atoms with Crippen LogP contribution in [0.3, 0.4) is 0 Å². The number of thiophene rings is 1. The third-order valence-electron chi connectivity index (χ3n) is 2.61. The molecule has 0 unspecified atom stereocenters. The number of nitrogens with one attached hydrogen (secondary N) is 1. The van der Waals surface area contributed by atoms with E-state index in [0.717, 1.165) is 23.0 Å². The fourth-order valence-electron chi connectivity index (χ4n) is 1.67. The predicted molar refractivity (Wildman–Crippen MR) is 80.9 cm³/mol. The zero-order valence-corrected chi connectivity index (χ0v) is 11.7. The van der Waals surface area contributed by atoms with E-state index in [1.165, 1.54) is 16.9 Å². The van der Waals surface area contributed by atoms with Gasteiger partial charge < -0.3 is 16.8 Å². The molecule has 0 aliphatic heterocycles. The highest BCUT2D eigenvalue weighted by atomic mass is 35.5. The first-order valence-corrected chi connectivity index (χ1v) is 6.93. The summed E-state index contributed by atoms with van der Waals surface area (Å²) in [4.78, 5) is 11.5. The second kappa shape index (κ2) is 5.95. The lowest BCUT2D eigenvalue weighted by Crippen LogP contribution is -2.10. The molecule has 100 valence electrons. The molecule has 1 amide bonds. The van der Waals surface area contributed by atoms with Gasteiger partial charge in [-0.2, -0.15) is 0 Å². The summed E-state index contributed by atoms with van der Waals surface area (Å²) in [6.45, 7) is 0.750. The van der Waals surface area contributed by atoms with Crippen molar-refractivity contribution in [3.05, 3.63) is 45.8 Å². The molecule has 0 saturated carbocycles. The topological polar surface area (TPSA) is 81.1 Å². The van der Waals surface area contributed by atoms with E-state index in [2.05, 4.69) is 5.32 Å². The highest BCUT2D eigenvalue weighted by Crippen LogP contribution is 2.28. The van der Waals surface area contributed by atoms with Crippen LogP contribution in [0.15, 0.2) is 30.3 Å². The van der Waals surface area contributed by atoms with Crippen molar-refractivity contribution in [3.63, 3.8) is 0 Å². The molecule has 0 spiro atoms. The number of halogens is 1. The van der Waals surface area contributed by atoms with Crippen LogP contribution in [0, 0.1) is 0 Å². The Kier molecular flexibility index (Phi) is 4.29. The fourth-order valence-corrected chi connectivity index (χ4v) is 2.65. The molecule has 19 heavy (non-hydrogen) atoms. The normalized spacial score (nSPS) is 10.4. The maximum atomic E-state index is 11.1. The van der Waals surface area contributed by atoms with E-state index < -0.39 is 5.91 Å². The number of carbonyl (C=O) groups is 1. The first-order valence-electron chi connectivity index (χ1n) is 5.73. The first kappa shape index (κ1) is 13.7. The van der Waals surface area contributed by atoms with E-state index in [1.54, 1.807) is 6.07 Å². The third kappa shape index (κ3) is 3.62. The summed E-state index contributed by atoms with van der Waals surface area (Å²) in [5.74, 6) is -0.492. The summed E-state index contributed by atoms with van der Waals surface area (Å²) in [6, 6.07) is 9.44. The lowest BCUT2D eigenvalue weighted by molar-refractivity contribution is 0.100. The van der Waals surface area contributed by atoms with Crippen LogP contribution in [0.25, 0.3) is 0 Å². The molecule has 2 aromatic rings. The minimum absolute atomic E-state index is 0.397. The second-order valence-electron chi connectivity index (χ2n) is 4.06. The molecule has 0 bridgehead atoms. The molecule has 0 fully saturated rings. The zero-order valence-electron chi connectivity index (χ0n) is 10.2. The maximum absolute atomic E-state index is 11.1. The quantitative estimate of drug-likeness (QED) is 0.793. The van der Waals surface area contributed by atoms with Gasteiger partial charge in [0.15, 0.2) is 0 Å². The number of hydrogen-bond donors (Lipinski definition) is 3. The minimum atomic E-state index is -0.492. The number of nitrogen functional groups attached to an aromatic ring is 1. The molecule has 1 heterocycles. The van der Waals surface area contributed by atoms with E-state index in [-0.39, 0.29) is 0 Å². The van der Waals surface area contributed by atoms with Crippen LogP contribution in [-0.2, 0) is 6.42 Å². The monoisotopic (exact) mass is 295 g/mol. The van der Waals surface area contributed by atoms with Crippen molar-refractivity contribution < 1.29 is 4.79 Å². The van der Waals surface area contributed by atoms with Gasteiger partial charge in [-0.1, -0.05) is 23.7 Å². The van der Waals surface area contributed by atoms with Gasteiger partial charge in [0.1, 0.15) is 4.88 Å². The molecule has 0 aliphatic rings. The van der Waals surface area contributed by atoms with Crippen LogP contribution in [0.1, 0.15) is 15.2 Å². The van der Waals surface area contributed by atoms with E-state index in [1.807, 2.05) is 24.3 Å². The Hall–Kier alpha value is -1.72. The highest BCUT2D eigenvalue weighted by molar-refractivity contribution is 7.18. The molecule has 0 radical (unpaired) electrons. The van der Waals surface area contributed by atoms with Crippen molar-refractivity contribution in [1.29, 1.82) is 0 Å². The number of anilines is 2. The van der Waals surface area contributed by atoms with Gasteiger partial charge in [-0.25, -0.2) is 0 Å². The average Bonchev–Trinajstić information content (AvgIpc) is 2.73. The zero-order chi connectivity index (χ0) is 13.8. The Balaban J connectivity index is 1.90. The van der Waals surface area contributed by atoms with E-state index in [4.69, 9.17) is 23.1 Å². The summed E-state index contributed by atoms with van der Waals surface area (Å²) in [5, 5.41) is 4.80. The van der Waals surface area contributed by atoms with Crippen LogP contribution in [0.4, 0.5) is 10.7 Å². The lowest BCUT2D eigenvalue weighted by atomic mass is 10.1. The van der Waals surface area contributed by atoms with Crippen LogP contribution in [-0.4, -0.2) is 12.5 Å². The third-order valence-corrected chi connectivity index (χ3v) is 3.99. The Morgan fingerprint density at radius 1 is 1.32 bits per heavy atom. The number of rotatable bonds is 5. The molecule has 2 rings (SSSR count). The first-order chi connectivity index (χ1) is 9.06.